The Hall–Kier alpha value is -3.09. The van der Waals surface area contributed by atoms with Crippen molar-refractivity contribution in [1.82, 2.24) is 0 Å². The van der Waals surface area contributed by atoms with Gasteiger partial charge in [0.2, 0.25) is 12.5 Å². The summed E-state index contributed by atoms with van der Waals surface area (Å²) >= 11 is 0. The summed E-state index contributed by atoms with van der Waals surface area (Å²) in [4.78, 5) is 13.0. The minimum atomic E-state index is -0.717. The van der Waals surface area contributed by atoms with E-state index in [0.29, 0.717) is 29.6 Å². The van der Waals surface area contributed by atoms with E-state index >= 15 is 0 Å². The maximum atomic E-state index is 13.0. The van der Waals surface area contributed by atoms with Gasteiger partial charge in [0.05, 0.1) is 33.4 Å². The maximum Gasteiger partial charge on any atom is 0.313 e. The van der Waals surface area contributed by atoms with Crippen molar-refractivity contribution in [3.8, 4) is 28.7 Å². The van der Waals surface area contributed by atoms with E-state index in [0.717, 1.165) is 28.9 Å². The van der Waals surface area contributed by atoms with E-state index < -0.39 is 5.41 Å². The molecule has 0 unspecified atom stereocenters. The molecule has 0 amide bonds. The van der Waals surface area contributed by atoms with Gasteiger partial charge in [0.1, 0.15) is 0 Å². The Kier molecular flexibility index (Phi) is 4.24. The minimum absolute atomic E-state index is 0.0574. The smallest absolute Gasteiger partial charge is 0.313 e. The number of carbonyl (C=O) groups excluding carboxylic acids is 1. The van der Waals surface area contributed by atoms with Crippen molar-refractivity contribution in [3.05, 3.63) is 41.0 Å². The summed E-state index contributed by atoms with van der Waals surface area (Å²) in [5.74, 6) is 2.66. The van der Waals surface area contributed by atoms with Crippen molar-refractivity contribution < 1.29 is 33.2 Å². The Morgan fingerprint density at radius 2 is 1.60 bits per heavy atom. The van der Waals surface area contributed by atoms with Crippen LogP contribution in [0.25, 0.3) is 0 Å². The van der Waals surface area contributed by atoms with E-state index in [1.54, 1.807) is 21.3 Å². The second-order valence-corrected chi connectivity index (χ2v) is 8.08. The van der Waals surface area contributed by atoms with Crippen LogP contribution in [0.5, 0.6) is 28.7 Å². The third-order valence-corrected chi connectivity index (χ3v) is 6.74. The number of hydrogen-bond donors (Lipinski definition) is 0. The number of rotatable bonds is 4. The number of fused-ring (bicyclic) bond motifs is 3. The fourth-order valence-corrected chi connectivity index (χ4v) is 5.12. The van der Waals surface area contributed by atoms with Crippen molar-refractivity contribution in [2.45, 2.75) is 19.3 Å². The van der Waals surface area contributed by atoms with Gasteiger partial charge in [-0.2, -0.15) is 0 Å². The molecule has 2 aromatic carbocycles. The van der Waals surface area contributed by atoms with Gasteiger partial charge in [0.25, 0.3) is 0 Å². The normalized spacial score (nSPS) is 25.9. The summed E-state index contributed by atoms with van der Waals surface area (Å²) in [5.41, 5.74) is 2.35. The molecule has 0 saturated carbocycles. The summed E-state index contributed by atoms with van der Waals surface area (Å²) in [5, 5.41) is 0. The standard InChI is InChI=1S/C23H24O7/c1-23-14(10-28-22(23)24)5-12-6-16-17(30-11-29-16)9-15(12)20(23)13-7-18(25-2)21(27-4)19(8-13)26-3/h6-9,14,20H,5,10-11H2,1-4H3/t14-,20-,23+/m1/s1. The van der Waals surface area contributed by atoms with Gasteiger partial charge in [-0.05, 0) is 54.3 Å². The molecule has 1 saturated heterocycles. The molecule has 7 heteroatoms. The molecule has 5 rings (SSSR count). The molecule has 1 aliphatic carbocycles. The minimum Gasteiger partial charge on any atom is -0.493 e. The molecule has 3 aliphatic rings. The van der Waals surface area contributed by atoms with Gasteiger partial charge in [-0.25, -0.2) is 0 Å². The molecule has 3 atom stereocenters. The topological polar surface area (TPSA) is 72.5 Å². The van der Waals surface area contributed by atoms with Crippen molar-refractivity contribution in [2.75, 3.05) is 34.7 Å². The third-order valence-electron chi connectivity index (χ3n) is 6.74. The highest BCUT2D eigenvalue weighted by Crippen LogP contribution is 2.58. The van der Waals surface area contributed by atoms with E-state index in [9.17, 15) is 4.79 Å². The molecule has 30 heavy (non-hydrogen) atoms. The second kappa shape index (κ2) is 6.72. The van der Waals surface area contributed by atoms with Crippen LogP contribution in [-0.4, -0.2) is 40.7 Å². The van der Waals surface area contributed by atoms with Crippen LogP contribution in [0.2, 0.25) is 0 Å². The first-order chi connectivity index (χ1) is 14.5. The molecule has 0 spiro atoms. The van der Waals surface area contributed by atoms with E-state index in [4.69, 9.17) is 28.4 Å². The SMILES string of the molecule is COc1cc([C@@H]2c3cc4c(cc3C[C@@H]3COC(=O)[C@@]32C)OCO4)cc(OC)c1OC. The summed E-state index contributed by atoms with van der Waals surface area (Å²) in [6.45, 7) is 2.61. The summed E-state index contributed by atoms with van der Waals surface area (Å²) in [7, 11) is 4.74. The maximum absolute atomic E-state index is 13.0. The van der Waals surface area contributed by atoms with E-state index in [2.05, 4.69) is 0 Å². The predicted molar refractivity (Wildman–Crippen MR) is 107 cm³/mol. The van der Waals surface area contributed by atoms with Crippen LogP contribution in [0.4, 0.5) is 0 Å². The lowest BCUT2D eigenvalue weighted by atomic mass is 9.58. The molecule has 2 aromatic rings. The first kappa shape index (κ1) is 18.9. The average molecular weight is 412 g/mol. The Labute approximate surface area is 174 Å². The van der Waals surface area contributed by atoms with Crippen LogP contribution in [0.3, 0.4) is 0 Å². The Morgan fingerprint density at radius 1 is 0.933 bits per heavy atom. The van der Waals surface area contributed by atoms with Crippen LogP contribution in [0.1, 0.15) is 29.5 Å². The predicted octanol–water partition coefficient (Wildman–Crippen LogP) is 3.31. The zero-order valence-electron chi connectivity index (χ0n) is 17.4. The number of methoxy groups -OCH3 is 3. The highest BCUT2D eigenvalue weighted by atomic mass is 16.7. The fraction of sp³-hybridized carbons (Fsp3) is 0.435. The molecular weight excluding hydrogens is 388 g/mol. The lowest BCUT2D eigenvalue weighted by Crippen LogP contribution is -2.41. The van der Waals surface area contributed by atoms with Crippen LogP contribution < -0.4 is 23.7 Å². The molecule has 0 aromatic heterocycles. The second-order valence-electron chi connectivity index (χ2n) is 8.08. The first-order valence-electron chi connectivity index (χ1n) is 9.90. The zero-order chi connectivity index (χ0) is 21.0. The van der Waals surface area contributed by atoms with Crippen molar-refractivity contribution in [2.24, 2.45) is 11.3 Å². The van der Waals surface area contributed by atoms with Crippen LogP contribution in [0.15, 0.2) is 24.3 Å². The Balaban J connectivity index is 1.76. The zero-order valence-corrected chi connectivity index (χ0v) is 17.4. The van der Waals surface area contributed by atoms with Crippen LogP contribution in [0, 0.1) is 11.3 Å². The van der Waals surface area contributed by atoms with E-state index in [1.807, 2.05) is 31.2 Å². The monoisotopic (exact) mass is 412 g/mol. The molecule has 7 nitrogen and oxygen atoms in total. The third kappa shape index (κ3) is 2.47. The number of ether oxygens (including phenoxy) is 6. The van der Waals surface area contributed by atoms with Gasteiger partial charge in [-0.3, -0.25) is 4.79 Å². The van der Waals surface area contributed by atoms with Gasteiger partial charge in [0, 0.05) is 11.8 Å². The Morgan fingerprint density at radius 3 is 2.23 bits per heavy atom. The van der Waals surface area contributed by atoms with E-state index in [1.165, 1.54) is 0 Å². The lowest BCUT2D eigenvalue weighted by molar-refractivity contribution is -0.146. The number of carbonyl (C=O) groups is 1. The molecule has 1 fully saturated rings. The average Bonchev–Trinajstić information content (AvgIpc) is 3.33. The highest BCUT2D eigenvalue weighted by molar-refractivity contribution is 5.82. The van der Waals surface area contributed by atoms with Gasteiger partial charge >= 0.3 is 5.97 Å². The summed E-state index contributed by atoms with van der Waals surface area (Å²) in [6.07, 6.45) is 0.745. The van der Waals surface area contributed by atoms with E-state index in [-0.39, 0.29) is 24.6 Å². The number of esters is 1. The quantitative estimate of drug-likeness (QED) is 0.714. The number of hydrogen-bond acceptors (Lipinski definition) is 7. The van der Waals surface area contributed by atoms with Crippen molar-refractivity contribution >= 4 is 5.97 Å². The fourth-order valence-electron chi connectivity index (χ4n) is 5.12. The molecule has 0 radical (unpaired) electrons. The van der Waals surface area contributed by atoms with Gasteiger partial charge < -0.3 is 28.4 Å². The van der Waals surface area contributed by atoms with Gasteiger partial charge in [-0.1, -0.05) is 0 Å². The van der Waals surface area contributed by atoms with Crippen molar-refractivity contribution in [1.29, 1.82) is 0 Å². The largest absolute Gasteiger partial charge is 0.493 e. The summed E-state index contributed by atoms with van der Waals surface area (Å²) < 4.78 is 33.4. The number of cyclic esters (lactones) is 1. The lowest BCUT2D eigenvalue weighted by Gasteiger charge is -2.41. The van der Waals surface area contributed by atoms with Gasteiger partial charge in [-0.15, -0.1) is 0 Å². The van der Waals surface area contributed by atoms with Crippen LogP contribution in [-0.2, 0) is 16.0 Å². The summed E-state index contributed by atoms with van der Waals surface area (Å²) in [6, 6.07) is 7.86. The molecule has 2 aliphatic heterocycles. The molecule has 2 heterocycles. The Bertz CT molecular complexity index is 1010. The van der Waals surface area contributed by atoms with Crippen molar-refractivity contribution in [3.63, 3.8) is 0 Å². The molecule has 158 valence electrons. The van der Waals surface area contributed by atoms with Gasteiger partial charge in [0.15, 0.2) is 23.0 Å². The highest BCUT2D eigenvalue weighted by Gasteiger charge is 2.57. The van der Waals surface area contributed by atoms with Crippen LogP contribution >= 0.6 is 0 Å². The number of benzene rings is 2. The molecule has 0 N–H and O–H groups in total. The first-order valence-corrected chi connectivity index (χ1v) is 9.90. The molecule has 0 bridgehead atoms. The molecular formula is C23H24O7.